The van der Waals surface area contributed by atoms with Crippen LogP contribution in [0.15, 0.2) is 24.3 Å². The van der Waals surface area contributed by atoms with Crippen LogP contribution in [0.25, 0.3) is 0 Å². The van der Waals surface area contributed by atoms with Crippen LogP contribution in [0.2, 0.25) is 0 Å². The molecule has 5 heteroatoms. The average Bonchev–Trinajstić information content (AvgIpc) is 2.96. The zero-order chi connectivity index (χ0) is 14.4. The first-order valence-electron chi connectivity index (χ1n) is 7.00. The molecule has 108 valence electrons. The second-order valence-electron chi connectivity index (χ2n) is 5.11. The Kier molecular flexibility index (Phi) is 5.12. The molecule has 0 aliphatic carbocycles. The minimum absolute atomic E-state index is 0.0511. The number of rotatable bonds is 5. The standard InChI is InChI=1S/C15H21N3O2/c1-11(19)17-9-12-4-6-13(7-5-12)15(20)18-10-14-3-2-8-16-14/h4-7,14,16H,2-3,8-10H2,1H3,(H,17,19)(H,18,20). The third-order valence-electron chi connectivity index (χ3n) is 3.43. The van der Waals surface area contributed by atoms with Gasteiger partial charge in [-0.1, -0.05) is 12.1 Å². The Labute approximate surface area is 119 Å². The van der Waals surface area contributed by atoms with Crippen LogP contribution in [-0.2, 0) is 11.3 Å². The van der Waals surface area contributed by atoms with Gasteiger partial charge in [0.2, 0.25) is 5.91 Å². The molecule has 0 bridgehead atoms. The van der Waals surface area contributed by atoms with Crippen molar-refractivity contribution in [2.24, 2.45) is 0 Å². The van der Waals surface area contributed by atoms with E-state index >= 15 is 0 Å². The van der Waals surface area contributed by atoms with E-state index in [0.717, 1.165) is 18.5 Å². The van der Waals surface area contributed by atoms with Crippen LogP contribution < -0.4 is 16.0 Å². The minimum Gasteiger partial charge on any atom is -0.352 e. The maximum Gasteiger partial charge on any atom is 0.251 e. The van der Waals surface area contributed by atoms with Crippen molar-refractivity contribution in [1.82, 2.24) is 16.0 Å². The average molecular weight is 275 g/mol. The molecule has 1 unspecified atom stereocenters. The van der Waals surface area contributed by atoms with E-state index in [-0.39, 0.29) is 11.8 Å². The van der Waals surface area contributed by atoms with Crippen LogP contribution in [0.5, 0.6) is 0 Å². The smallest absolute Gasteiger partial charge is 0.251 e. The highest BCUT2D eigenvalue weighted by Gasteiger charge is 2.15. The fourth-order valence-corrected chi connectivity index (χ4v) is 2.25. The zero-order valence-corrected chi connectivity index (χ0v) is 11.7. The molecule has 1 aromatic carbocycles. The molecule has 20 heavy (non-hydrogen) atoms. The minimum atomic E-state index is -0.0594. The lowest BCUT2D eigenvalue weighted by atomic mass is 10.1. The highest BCUT2D eigenvalue weighted by Crippen LogP contribution is 2.06. The predicted molar refractivity (Wildman–Crippen MR) is 77.3 cm³/mol. The third kappa shape index (κ3) is 4.35. The van der Waals surface area contributed by atoms with Gasteiger partial charge in [-0.2, -0.15) is 0 Å². The van der Waals surface area contributed by atoms with Crippen molar-refractivity contribution in [3.63, 3.8) is 0 Å². The van der Waals surface area contributed by atoms with Crippen LogP contribution in [0.4, 0.5) is 0 Å². The zero-order valence-electron chi connectivity index (χ0n) is 11.7. The summed E-state index contributed by atoms with van der Waals surface area (Å²) in [5.74, 6) is -0.110. The topological polar surface area (TPSA) is 70.2 Å². The number of hydrogen-bond donors (Lipinski definition) is 3. The molecule has 1 atom stereocenters. The molecule has 3 N–H and O–H groups in total. The number of benzene rings is 1. The number of hydrogen-bond acceptors (Lipinski definition) is 3. The molecule has 1 aliphatic rings. The summed E-state index contributed by atoms with van der Waals surface area (Å²) >= 11 is 0. The van der Waals surface area contributed by atoms with Gasteiger partial charge in [0.15, 0.2) is 0 Å². The van der Waals surface area contributed by atoms with Crippen LogP contribution in [0.3, 0.4) is 0 Å². The first-order valence-corrected chi connectivity index (χ1v) is 7.00. The summed E-state index contributed by atoms with van der Waals surface area (Å²) in [6, 6.07) is 7.69. The molecule has 0 radical (unpaired) electrons. The van der Waals surface area contributed by atoms with Crippen LogP contribution in [0.1, 0.15) is 35.7 Å². The lowest BCUT2D eigenvalue weighted by molar-refractivity contribution is -0.119. The molecule has 5 nitrogen and oxygen atoms in total. The van der Waals surface area contributed by atoms with Crippen LogP contribution in [-0.4, -0.2) is 30.9 Å². The Balaban J connectivity index is 1.81. The summed E-state index contributed by atoms with van der Waals surface area (Å²) in [5.41, 5.74) is 1.63. The fourth-order valence-electron chi connectivity index (χ4n) is 2.25. The molecule has 0 saturated carbocycles. The van der Waals surface area contributed by atoms with Crippen molar-refractivity contribution in [2.45, 2.75) is 32.4 Å². The quantitative estimate of drug-likeness (QED) is 0.744. The van der Waals surface area contributed by atoms with Crippen molar-refractivity contribution in [3.8, 4) is 0 Å². The number of carbonyl (C=O) groups is 2. The number of carbonyl (C=O) groups excluding carboxylic acids is 2. The van der Waals surface area contributed by atoms with E-state index in [2.05, 4.69) is 16.0 Å². The van der Waals surface area contributed by atoms with Gasteiger partial charge in [-0.15, -0.1) is 0 Å². The molecule has 2 amide bonds. The summed E-state index contributed by atoms with van der Waals surface area (Å²) in [6.45, 7) is 3.69. The van der Waals surface area contributed by atoms with Gasteiger partial charge in [-0.3, -0.25) is 9.59 Å². The monoisotopic (exact) mass is 275 g/mol. The summed E-state index contributed by atoms with van der Waals surface area (Å²) in [4.78, 5) is 22.8. The Hall–Kier alpha value is -1.88. The summed E-state index contributed by atoms with van der Waals surface area (Å²) in [6.07, 6.45) is 2.30. The highest BCUT2D eigenvalue weighted by atomic mass is 16.2. The Bertz CT molecular complexity index is 465. The molecule has 1 saturated heterocycles. The maximum absolute atomic E-state index is 12.0. The van der Waals surface area contributed by atoms with Crippen molar-refractivity contribution >= 4 is 11.8 Å². The summed E-state index contributed by atoms with van der Waals surface area (Å²) in [7, 11) is 0. The molecular weight excluding hydrogens is 254 g/mol. The first kappa shape index (κ1) is 14.5. The van der Waals surface area contributed by atoms with E-state index in [4.69, 9.17) is 0 Å². The summed E-state index contributed by atoms with van der Waals surface area (Å²) < 4.78 is 0. The number of amides is 2. The van der Waals surface area contributed by atoms with Gasteiger partial charge >= 0.3 is 0 Å². The Morgan fingerprint density at radius 2 is 2.00 bits per heavy atom. The lowest BCUT2D eigenvalue weighted by Gasteiger charge is -2.11. The Morgan fingerprint density at radius 3 is 2.60 bits per heavy atom. The van der Waals surface area contributed by atoms with Crippen molar-refractivity contribution < 1.29 is 9.59 Å². The lowest BCUT2D eigenvalue weighted by Crippen LogP contribution is -2.37. The van der Waals surface area contributed by atoms with Gasteiger partial charge in [0, 0.05) is 31.6 Å². The van der Waals surface area contributed by atoms with Crippen LogP contribution >= 0.6 is 0 Å². The van der Waals surface area contributed by atoms with E-state index < -0.39 is 0 Å². The van der Waals surface area contributed by atoms with Gasteiger partial charge in [0.25, 0.3) is 5.91 Å². The summed E-state index contributed by atoms with van der Waals surface area (Å²) in [5, 5.41) is 9.01. The van der Waals surface area contributed by atoms with E-state index in [1.807, 2.05) is 12.1 Å². The molecule has 0 aromatic heterocycles. The van der Waals surface area contributed by atoms with E-state index in [0.29, 0.717) is 24.7 Å². The van der Waals surface area contributed by atoms with Gasteiger partial charge in [-0.25, -0.2) is 0 Å². The first-order chi connectivity index (χ1) is 9.65. The molecular formula is C15H21N3O2. The SMILES string of the molecule is CC(=O)NCc1ccc(C(=O)NCC2CCCN2)cc1. The highest BCUT2D eigenvalue weighted by molar-refractivity contribution is 5.94. The number of nitrogens with one attached hydrogen (secondary N) is 3. The molecule has 1 fully saturated rings. The largest absolute Gasteiger partial charge is 0.352 e. The van der Waals surface area contributed by atoms with Crippen molar-refractivity contribution in [1.29, 1.82) is 0 Å². The second-order valence-corrected chi connectivity index (χ2v) is 5.11. The van der Waals surface area contributed by atoms with Crippen molar-refractivity contribution in [3.05, 3.63) is 35.4 Å². The molecule has 0 spiro atoms. The van der Waals surface area contributed by atoms with Crippen LogP contribution in [0, 0.1) is 0 Å². The van der Waals surface area contributed by atoms with E-state index in [1.54, 1.807) is 12.1 Å². The van der Waals surface area contributed by atoms with Crippen molar-refractivity contribution in [2.75, 3.05) is 13.1 Å². The van der Waals surface area contributed by atoms with E-state index in [1.165, 1.54) is 13.3 Å². The molecule has 1 aromatic rings. The molecule has 1 heterocycles. The van der Waals surface area contributed by atoms with Gasteiger partial charge < -0.3 is 16.0 Å². The van der Waals surface area contributed by atoms with E-state index in [9.17, 15) is 9.59 Å². The van der Waals surface area contributed by atoms with Gasteiger partial charge in [0.1, 0.15) is 0 Å². The predicted octanol–water partition coefficient (Wildman–Crippen LogP) is 0.804. The Morgan fingerprint density at radius 1 is 1.25 bits per heavy atom. The molecule has 2 rings (SSSR count). The fraction of sp³-hybridized carbons (Fsp3) is 0.467. The second kappa shape index (κ2) is 7.05. The third-order valence-corrected chi connectivity index (χ3v) is 3.43. The normalized spacial score (nSPS) is 17.8. The van der Waals surface area contributed by atoms with Gasteiger partial charge in [0.05, 0.1) is 0 Å². The molecule has 1 aliphatic heterocycles. The van der Waals surface area contributed by atoms with Gasteiger partial charge in [-0.05, 0) is 37.1 Å². The maximum atomic E-state index is 12.0.